The monoisotopic (exact) mass is 314 g/mol. The van der Waals surface area contributed by atoms with Crippen LogP contribution in [0.5, 0.6) is 5.75 Å². The van der Waals surface area contributed by atoms with Gasteiger partial charge in [0, 0.05) is 11.6 Å². The number of benzene rings is 1. The molecule has 0 atom stereocenters. The van der Waals surface area contributed by atoms with Gasteiger partial charge in [0.25, 0.3) is 0 Å². The standard InChI is InChI=1S/C14H19ClN2O4/c1-5-14(2,3)17-13(20)16-10-7-11(21-4)8(12(18)19)6-9(10)15/h6-7H,5H2,1-4H3,(H,18,19)(H2,16,17,20). The Kier molecular flexibility index (Phi) is 5.43. The minimum absolute atomic E-state index is 0.0673. The van der Waals surface area contributed by atoms with Crippen molar-refractivity contribution in [1.29, 1.82) is 0 Å². The summed E-state index contributed by atoms with van der Waals surface area (Å²) < 4.78 is 4.99. The first-order chi connectivity index (χ1) is 9.70. The van der Waals surface area contributed by atoms with Crippen LogP contribution in [0.2, 0.25) is 5.02 Å². The maximum Gasteiger partial charge on any atom is 0.339 e. The third kappa shape index (κ3) is 4.53. The van der Waals surface area contributed by atoms with Gasteiger partial charge in [0.1, 0.15) is 11.3 Å². The zero-order valence-electron chi connectivity index (χ0n) is 12.4. The highest BCUT2D eigenvalue weighted by atomic mass is 35.5. The van der Waals surface area contributed by atoms with Crippen LogP contribution in [0.25, 0.3) is 0 Å². The molecule has 0 fully saturated rings. The second-order valence-electron chi connectivity index (χ2n) is 5.15. The van der Waals surface area contributed by atoms with Crippen molar-refractivity contribution >= 4 is 29.3 Å². The maximum absolute atomic E-state index is 11.9. The summed E-state index contributed by atoms with van der Waals surface area (Å²) in [5, 5.41) is 14.5. The number of carboxylic acids is 1. The third-order valence-electron chi connectivity index (χ3n) is 3.10. The van der Waals surface area contributed by atoms with Gasteiger partial charge in [-0.3, -0.25) is 0 Å². The molecule has 0 aliphatic rings. The van der Waals surface area contributed by atoms with Crippen LogP contribution in [0.1, 0.15) is 37.6 Å². The number of ether oxygens (including phenoxy) is 1. The summed E-state index contributed by atoms with van der Waals surface area (Å²) in [5.41, 5.74) is -0.146. The van der Waals surface area contributed by atoms with Crippen molar-refractivity contribution in [3.63, 3.8) is 0 Å². The number of carbonyl (C=O) groups excluding carboxylic acids is 1. The van der Waals surface area contributed by atoms with Crippen LogP contribution < -0.4 is 15.4 Å². The number of amides is 2. The van der Waals surface area contributed by atoms with Crippen molar-refractivity contribution in [2.75, 3.05) is 12.4 Å². The molecule has 1 aromatic rings. The van der Waals surface area contributed by atoms with Gasteiger partial charge < -0.3 is 20.5 Å². The molecule has 0 saturated heterocycles. The molecule has 0 heterocycles. The third-order valence-corrected chi connectivity index (χ3v) is 3.42. The van der Waals surface area contributed by atoms with Crippen molar-refractivity contribution in [3.05, 3.63) is 22.7 Å². The minimum Gasteiger partial charge on any atom is -0.496 e. The van der Waals surface area contributed by atoms with Crippen LogP contribution in [-0.2, 0) is 0 Å². The molecule has 0 bridgehead atoms. The van der Waals surface area contributed by atoms with E-state index in [1.807, 2.05) is 20.8 Å². The van der Waals surface area contributed by atoms with E-state index in [0.717, 1.165) is 6.42 Å². The van der Waals surface area contributed by atoms with E-state index in [1.165, 1.54) is 19.2 Å². The molecule has 7 heteroatoms. The van der Waals surface area contributed by atoms with Crippen molar-refractivity contribution in [1.82, 2.24) is 5.32 Å². The normalized spacial score (nSPS) is 10.9. The van der Waals surface area contributed by atoms with Crippen LogP contribution in [-0.4, -0.2) is 29.8 Å². The fourth-order valence-electron chi connectivity index (χ4n) is 1.53. The zero-order chi connectivity index (χ0) is 16.2. The first kappa shape index (κ1) is 17.1. The fourth-order valence-corrected chi connectivity index (χ4v) is 1.75. The fraction of sp³-hybridized carbons (Fsp3) is 0.429. The van der Waals surface area contributed by atoms with Crippen LogP contribution in [0, 0.1) is 0 Å². The van der Waals surface area contributed by atoms with Crippen LogP contribution in [0.15, 0.2) is 12.1 Å². The van der Waals surface area contributed by atoms with Gasteiger partial charge >= 0.3 is 12.0 Å². The molecule has 0 aliphatic carbocycles. The van der Waals surface area contributed by atoms with Gasteiger partial charge in [-0.1, -0.05) is 18.5 Å². The average Bonchev–Trinajstić information content (AvgIpc) is 2.39. The number of halogens is 1. The molecule has 0 aliphatic heterocycles. The van der Waals surface area contributed by atoms with E-state index in [4.69, 9.17) is 21.4 Å². The molecular formula is C14H19ClN2O4. The Morgan fingerprint density at radius 3 is 2.48 bits per heavy atom. The van der Waals surface area contributed by atoms with Crippen molar-refractivity contribution in [2.45, 2.75) is 32.7 Å². The predicted octanol–water partition coefficient (Wildman–Crippen LogP) is 3.36. The van der Waals surface area contributed by atoms with E-state index < -0.39 is 12.0 Å². The molecule has 1 rings (SSSR count). The Balaban J connectivity index is 2.99. The number of methoxy groups -OCH3 is 1. The Morgan fingerprint density at radius 1 is 1.38 bits per heavy atom. The summed E-state index contributed by atoms with van der Waals surface area (Å²) in [5.74, 6) is -1.03. The number of aromatic carboxylic acids is 1. The van der Waals surface area contributed by atoms with Gasteiger partial charge in [-0.05, 0) is 26.3 Å². The maximum atomic E-state index is 11.9. The Morgan fingerprint density at radius 2 is 2.00 bits per heavy atom. The van der Waals surface area contributed by atoms with Gasteiger partial charge in [-0.25, -0.2) is 9.59 Å². The number of hydrogen-bond donors (Lipinski definition) is 3. The molecule has 21 heavy (non-hydrogen) atoms. The smallest absolute Gasteiger partial charge is 0.339 e. The van der Waals surface area contributed by atoms with Crippen molar-refractivity contribution in [2.24, 2.45) is 0 Å². The summed E-state index contributed by atoms with van der Waals surface area (Å²) >= 11 is 5.99. The van der Waals surface area contributed by atoms with Gasteiger partial charge in [0.2, 0.25) is 0 Å². The van der Waals surface area contributed by atoms with Crippen LogP contribution >= 0.6 is 11.6 Å². The highest BCUT2D eigenvalue weighted by Crippen LogP contribution is 2.31. The molecule has 2 amide bonds. The molecule has 0 unspecified atom stereocenters. The minimum atomic E-state index is -1.16. The Bertz CT molecular complexity index is 558. The molecule has 0 spiro atoms. The van der Waals surface area contributed by atoms with E-state index >= 15 is 0 Å². The SMILES string of the molecule is CCC(C)(C)NC(=O)Nc1cc(OC)c(C(=O)O)cc1Cl. The second kappa shape index (κ2) is 6.67. The Hall–Kier alpha value is -1.95. The van der Waals surface area contributed by atoms with Crippen LogP contribution in [0.3, 0.4) is 0 Å². The Labute approximate surface area is 128 Å². The van der Waals surface area contributed by atoms with Gasteiger partial charge in [-0.15, -0.1) is 0 Å². The first-order valence-corrected chi connectivity index (χ1v) is 6.78. The number of nitrogens with one attached hydrogen (secondary N) is 2. The molecule has 0 saturated carbocycles. The topological polar surface area (TPSA) is 87.7 Å². The zero-order valence-corrected chi connectivity index (χ0v) is 13.2. The molecular weight excluding hydrogens is 296 g/mol. The van der Waals surface area contributed by atoms with Crippen molar-refractivity contribution in [3.8, 4) is 5.75 Å². The quantitative estimate of drug-likeness (QED) is 0.777. The predicted molar refractivity (Wildman–Crippen MR) is 81.5 cm³/mol. The number of rotatable bonds is 5. The lowest BCUT2D eigenvalue weighted by Crippen LogP contribution is -2.45. The highest BCUT2D eigenvalue weighted by molar-refractivity contribution is 6.34. The second-order valence-corrected chi connectivity index (χ2v) is 5.56. The molecule has 1 aromatic carbocycles. The van der Waals surface area contributed by atoms with E-state index in [9.17, 15) is 9.59 Å². The summed E-state index contributed by atoms with van der Waals surface area (Å²) in [4.78, 5) is 23.0. The first-order valence-electron chi connectivity index (χ1n) is 6.40. The highest BCUT2D eigenvalue weighted by Gasteiger charge is 2.20. The number of anilines is 1. The van der Waals surface area contributed by atoms with Crippen LogP contribution in [0.4, 0.5) is 10.5 Å². The van der Waals surface area contributed by atoms with Gasteiger partial charge in [-0.2, -0.15) is 0 Å². The van der Waals surface area contributed by atoms with E-state index in [-0.39, 0.29) is 27.6 Å². The van der Waals surface area contributed by atoms with E-state index in [2.05, 4.69) is 10.6 Å². The summed E-state index contributed by atoms with van der Waals surface area (Å²) in [6, 6.07) is 2.20. The molecule has 3 N–H and O–H groups in total. The lowest BCUT2D eigenvalue weighted by Gasteiger charge is -2.24. The van der Waals surface area contributed by atoms with Gasteiger partial charge in [0.15, 0.2) is 0 Å². The van der Waals surface area contributed by atoms with E-state index in [0.29, 0.717) is 0 Å². The average molecular weight is 315 g/mol. The number of carboxylic acid groups (broad SMARTS) is 1. The number of urea groups is 1. The number of carbonyl (C=O) groups is 2. The number of hydrogen-bond acceptors (Lipinski definition) is 3. The van der Waals surface area contributed by atoms with E-state index in [1.54, 1.807) is 0 Å². The molecule has 6 nitrogen and oxygen atoms in total. The summed E-state index contributed by atoms with van der Waals surface area (Å²) in [6.45, 7) is 5.74. The largest absolute Gasteiger partial charge is 0.496 e. The molecule has 0 aromatic heterocycles. The summed E-state index contributed by atoms with van der Waals surface area (Å²) in [7, 11) is 1.35. The summed E-state index contributed by atoms with van der Waals surface area (Å²) in [6.07, 6.45) is 0.759. The van der Waals surface area contributed by atoms with Crippen molar-refractivity contribution < 1.29 is 19.4 Å². The lowest BCUT2D eigenvalue weighted by molar-refractivity contribution is 0.0693. The molecule has 0 radical (unpaired) electrons. The molecule has 116 valence electrons. The van der Waals surface area contributed by atoms with Gasteiger partial charge in [0.05, 0.1) is 17.8 Å². The lowest BCUT2D eigenvalue weighted by atomic mass is 10.0.